The molecule has 0 spiro atoms. The number of urea groups is 1. The summed E-state index contributed by atoms with van der Waals surface area (Å²) >= 11 is 0. The number of ether oxygens (including phenoxy) is 1. The molecular formula is C24H24FN3O3. The maximum Gasteiger partial charge on any atom is 0.315 e. The minimum atomic E-state index is -0.457. The molecule has 0 aromatic heterocycles. The van der Waals surface area contributed by atoms with Gasteiger partial charge in [-0.05, 0) is 35.4 Å². The standard InChI is InChI=1S/C24H24FN3O3/c1-28(17-18-8-3-2-4-9-18)23(29)16-27-24(30)26-15-19-10-7-11-20(14-19)31-22-13-6-5-12-21(22)25/h2-14H,15-17H2,1H3,(H2,26,27,30). The number of benzene rings is 3. The number of halogens is 1. The van der Waals surface area contributed by atoms with Crippen molar-refractivity contribution >= 4 is 11.9 Å². The van der Waals surface area contributed by atoms with Crippen LogP contribution in [0.25, 0.3) is 0 Å². The van der Waals surface area contributed by atoms with E-state index in [4.69, 9.17) is 4.74 Å². The van der Waals surface area contributed by atoms with Crippen LogP contribution in [0.2, 0.25) is 0 Å². The monoisotopic (exact) mass is 421 g/mol. The Balaban J connectivity index is 1.44. The maximum atomic E-state index is 13.7. The van der Waals surface area contributed by atoms with E-state index in [9.17, 15) is 14.0 Å². The van der Waals surface area contributed by atoms with Crippen molar-refractivity contribution in [1.29, 1.82) is 0 Å². The third-order valence-electron chi connectivity index (χ3n) is 4.50. The molecule has 6 nitrogen and oxygen atoms in total. The number of nitrogens with one attached hydrogen (secondary N) is 2. The van der Waals surface area contributed by atoms with Crippen molar-refractivity contribution in [3.8, 4) is 11.5 Å². The first kappa shape index (κ1) is 21.8. The van der Waals surface area contributed by atoms with Gasteiger partial charge >= 0.3 is 6.03 Å². The van der Waals surface area contributed by atoms with Crippen LogP contribution in [0, 0.1) is 5.82 Å². The predicted molar refractivity (Wildman–Crippen MR) is 116 cm³/mol. The van der Waals surface area contributed by atoms with Crippen LogP contribution in [0.15, 0.2) is 78.9 Å². The molecule has 2 N–H and O–H groups in total. The molecule has 3 aromatic rings. The van der Waals surface area contributed by atoms with Gasteiger partial charge in [0, 0.05) is 20.1 Å². The molecule has 3 amide bonds. The van der Waals surface area contributed by atoms with Crippen LogP contribution in [0.3, 0.4) is 0 Å². The first-order chi connectivity index (χ1) is 15.0. The highest BCUT2D eigenvalue weighted by molar-refractivity contribution is 5.83. The lowest BCUT2D eigenvalue weighted by atomic mass is 10.2. The van der Waals surface area contributed by atoms with Crippen molar-refractivity contribution < 1.29 is 18.7 Å². The Morgan fingerprint density at radius 2 is 1.61 bits per heavy atom. The molecule has 0 heterocycles. The van der Waals surface area contributed by atoms with Gasteiger partial charge in [-0.25, -0.2) is 9.18 Å². The van der Waals surface area contributed by atoms with Crippen molar-refractivity contribution in [3.05, 3.63) is 95.8 Å². The van der Waals surface area contributed by atoms with Crippen LogP contribution >= 0.6 is 0 Å². The Hall–Kier alpha value is -3.87. The van der Waals surface area contributed by atoms with E-state index in [2.05, 4.69) is 10.6 Å². The fourth-order valence-electron chi connectivity index (χ4n) is 2.85. The van der Waals surface area contributed by atoms with E-state index in [1.54, 1.807) is 48.3 Å². The van der Waals surface area contributed by atoms with Crippen LogP contribution in [-0.2, 0) is 17.9 Å². The zero-order chi connectivity index (χ0) is 22.1. The molecule has 0 aliphatic rings. The van der Waals surface area contributed by atoms with E-state index in [1.807, 2.05) is 36.4 Å². The average Bonchev–Trinajstić information content (AvgIpc) is 2.78. The molecule has 0 atom stereocenters. The lowest BCUT2D eigenvalue weighted by Crippen LogP contribution is -2.42. The Bertz CT molecular complexity index is 1030. The van der Waals surface area contributed by atoms with Gasteiger partial charge in [-0.15, -0.1) is 0 Å². The van der Waals surface area contributed by atoms with Gasteiger partial charge < -0.3 is 20.3 Å². The lowest BCUT2D eigenvalue weighted by Gasteiger charge is -2.17. The summed E-state index contributed by atoms with van der Waals surface area (Å²) in [5, 5.41) is 5.25. The van der Waals surface area contributed by atoms with E-state index in [1.165, 1.54) is 6.07 Å². The molecule has 7 heteroatoms. The lowest BCUT2D eigenvalue weighted by molar-refractivity contribution is -0.129. The van der Waals surface area contributed by atoms with Crippen molar-refractivity contribution in [2.24, 2.45) is 0 Å². The van der Waals surface area contributed by atoms with Gasteiger partial charge in [0.25, 0.3) is 0 Å². The molecule has 3 aromatic carbocycles. The largest absolute Gasteiger partial charge is 0.454 e. The van der Waals surface area contributed by atoms with Crippen LogP contribution in [0.5, 0.6) is 11.5 Å². The van der Waals surface area contributed by atoms with Crippen molar-refractivity contribution in [2.75, 3.05) is 13.6 Å². The highest BCUT2D eigenvalue weighted by Gasteiger charge is 2.11. The van der Waals surface area contributed by atoms with E-state index >= 15 is 0 Å². The quantitative estimate of drug-likeness (QED) is 0.576. The summed E-state index contributed by atoms with van der Waals surface area (Å²) < 4.78 is 19.3. The third-order valence-corrected chi connectivity index (χ3v) is 4.50. The Morgan fingerprint density at radius 1 is 0.903 bits per heavy atom. The minimum Gasteiger partial charge on any atom is -0.454 e. The molecule has 0 bridgehead atoms. The minimum absolute atomic E-state index is 0.106. The van der Waals surface area contributed by atoms with E-state index in [-0.39, 0.29) is 24.7 Å². The molecule has 160 valence electrons. The topological polar surface area (TPSA) is 70.7 Å². The number of amides is 3. The molecule has 0 unspecified atom stereocenters. The number of rotatable bonds is 8. The summed E-state index contributed by atoms with van der Waals surface area (Å²) in [5.74, 6) is -0.0578. The molecule has 0 fully saturated rings. The van der Waals surface area contributed by atoms with Gasteiger partial charge in [-0.2, -0.15) is 0 Å². The second kappa shape index (κ2) is 10.8. The number of likely N-dealkylation sites (N-methyl/N-ethyl adjacent to an activating group) is 1. The second-order valence-corrected chi connectivity index (χ2v) is 6.95. The molecule has 0 radical (unpaired) electrons. The SMILES string of the molecule is CN(Cc1ccccc1)C(=O)CNC(=O)NCc1cccc(Oc2ccccc2F)c1. The summed E-state index contributed by atoms with van der Waals surface area (Å²) in [4.78, 5) is 25.8. The number of carbonyl (C=O) groups is 2. The molecule has 0 aliphatic heterocycles. The molecule has 3 rings (SSSR count). The van der Waals surface area contributed by atoms with Gasteiger partial charge in [0.2, 0.25) is 5.91 Å². The number of nitrogens with zero attached hydrogens (tertiary/aromatic N) is 1. The van der Waals surface area contributed by atoms with Crippen LogP contribution < -0.4 is 15.4 Å². The molecule has 31 heavy (non-hydrogen) atoms. The van der Waals surface area contributed by atoms with Crippen LogP contribution in [0.4, 0.5) is 9.18 Å². The van der Waals surface area contributed by atoms with Gasteiger partial charge in [0.1, 0.15) is 5.75 Å². The summed E-state index contributed by atoms with van der Waals surface area (Å²) in [6.07, 6.45) is 0. The highest BCUT2D eigenvalue weighted by Crippen LogP contribution is 2.24. The number of para-hydroxylation sites is 1. The fourth-order valence-corrected chi connectivity index (χ4v) is 2.85. The summed E-state index contributed by atoms with van der Waals surface area (Å²) in [5.41, 5.74) is 1.79. The first-order valence-electron chi connectivity index (χ1n) is 9.82. The molecule has 0 saturated carbocycles. The van der Waals surface area contributed by atoms with E-state index in [0.29, 0.717) is 12.3 Å². The van der Waals surface area contributed by atoms with E-state index in [0.717, 1.165) is 11.1 Å². The third kappa shape index (κ3) is 6.85. The maximum absolute atomic E-state index is 13.7. The van der Waals surface area contributed by atoms with E-state index < -0.39 is 11.8 Å². The molecule has 0 aliphatic carbocycles. The Morgan fingerprint density at radius 3 is 2.39 bits per heavy atom. The van der Waals surface area contributed by atoms with Crippen LogP contribution in [0.1, 0.15) is 11.1 Å². The predicted octanol–water partition coefficient (Wildman–Crippen LogP) is 4.08. The van der Waals surface area contributed by atoms with Gasteiger partial charge in [-0.1, -0.05) is 54.6 Å². The van der Waals surface area contributed by atoms with Gasteiger partial charge in [0.05, 0.1) is 6.54 Å². The normalized spacial score (nSPS) is 10.3. The zero-order valence-electron chi connectivity index (χ0n) is 17.2. The van der Waals surface area contributed by atoms with Crippen molar-refractivity contribution in [2.45, 2.75) is 13.1 Å². The zero-order valence-corrected chi connectivity index (χ0v) is 17.2. The Kier molecular flexibility index (Phi) is 7.59. The Labute approximate surface area is 180 Å². The number of hydrogen-bond acceptors (Lipinski definition) is 3. The summed E-state index contributed by atoms with van der Waals surface area (Å²) in [6.45, 7) is 0.595. The number of carbonyl (C=O) groups excluding carboxylic acids is 2. The number of hydrogen-bond donors (Lipinski definition) is 2. The van der Waals surface area contributed by atoms with Gasteiger partial charge in [-0.3, -0.25) is 4.79 Å². The fraction of sp³-hybridized carbons (Fsp3) is 0.167. The summed E-state index contributed by atoms with van der Waals surface area (Å²) in [6, 6.07) is 22.3. The van der Waals surface area contributed by atoms with Crippen LogP contribution in [-0.4, -0.2) is 30.4 Å². The van der Waals surface area contributed by atoms with Crippen molar-refractivity contribution in [3.63, 3.8) is 0 Å². The van der Waals surface area contributed by atoms with Crippen molar-refractivity contribution in [1.82, 2.24) is 15.5 Å². The summed E-state index contributed by atoms with van der Waals surface area (Å²) in [7, 11) is 1.69. The molecular weight excluding hydrogens is 397 g/mol. The average molecular weight is 421 g/mol. The van der Waals surface area contributed by atoms with Gasteiger partial charge in [0.15, 0.2) is 11.6 Å². The first-order valence-corrected chi connectivity index (χ1v) is 9.82. The highest BCUT2D eigenvalue weighted by atomic mass is 19.1. The molecule has 0 saturated heterocycles. The smallest absolute Gasteiger partial charge is 0.315 e. The second-order valence-electron chi connectivity index (χ2n) is 6.95.